The second kappa shape index (κ2) is 6.37. The third-order valence-corrected chi connectivity index (χ3v) is 5.14. The second-order valence-electron chi connectivity index (χ2n) is 4.13. The molecule has 2 heterocycles. The van der Waals surface area contributed by atoms with E-state index in [-0.39, 0.29) is 6.04 Å². The van der Waals surface area contributed by atoms with Crippen molar-refractivity contribution in [2.45, 2.75) is 26.3 Å². The quantitative estimate of drug-likeness (QED) is 0.750. The van der Waals surface area contributed by atoms with Gasteiger partial charge in [0.15, 0.2) is 0 Å². The molecule has 0 saturated carbocycles. The van der Waals surface area contributed by atoms with Crippen molar-refractivity contribution >= 4 is 43.2 Å². The topological polar surface area (TPSA) is 25.2 Å². The number of nitrogens with one attached hydrogen (secondary N) is 1. The van der Waals surface area contributed by atoms with Crippen molar-refractivity contribution in [3.05, 3.63) is 42.9 Å². The fourth-order valence-electron chi connectivity index (χ4n) is 1.86. The molecule has 0 bridgehead atoms. The van der Waals surface area contributed by atoms with E-state index < -0.39 is 0 Å². The van der Waals surface area contributed by atoms with E-state index in [9.17, 15) is 0 Å². The van der Waals surface area contributed by atoms with Crippen LogP contribution in [0.1, 0.15) is 36.3 Å². The zero-order valence-corrected chi connectivity index (χ0v) is 14.3. The summed E-state index contributed by atoms with van der Waals surface area (Å²) in [5.74, 6) is 0.995. The van der Waals surface area contributed by atoms with E-state index in [2.05, 4.69) is 57.1 Å². The summed E-state index contributed by atoms with van der Waals surface area (Å²) in [5.41, 5.74) is 2.40. The van der Waals surface area contributed by atoms with Crippen LogP contribution in [-0.4, -0.2) is 6.54 Å². The predicted octanol–water partition coefficient (Wildman–Crippen LogP) is 5.26. The normalized spacial score (nSPS) is 12.9. The molecule has 0 radical (unpaired) electrons. The summed E-state index contributed by atoms with van der Waals surface area (Å²) in [7, 11) is 0. The average Bonchev–Trinajstić information content (AvgIpc) is 2.87. The molecule has 1 N–H and O–H groups in total. The zero-order valence-electron chi connectivity index (χ0n) is 10.3. The Morgan fingerprint density at radius 2 is 2.22 bits per heavy atom. The largest absolute Gasteiger partial charge is 0.467 e. The standard InChI is InChI=1S/C13H15Br2NOS/c1-3-5-16-11(12-8(2)4-6-17-12)9-7-10(14)18-13(9)15/h4,6-7,11,16H,3,5H2,1-2H3. The minimum Gasteiger partial charge on any atom is -0.467 e. The Hall–Kier alpha value is -0.100. The third-order valence-electron chi connectivity index (χ3n) is 2.76. The highest BCUT2D eigenvalue weighted by atomic mass is 79.9. The lowest BCUT2D eigenvalue weighted by Gasteiger charge is -2.17. The smallest absolute Gasteiger partial charge is 0.128 e. The lowest BCUT2D eigenvalue weighted by molar-refractivity contribution is 0.444. The minimum absolute atomic E-state index is 0.108. The Balaban J connectivity index is 2.37. The maximum absolute atomic E-state index is 5.65. The van der Waals surface area contributed by atoms with Gasteiger partial charge in [-0.15, -0.1) is 11.3 Å². The van der Waals surface area contributed by atoms with Crippen LogP contribution in [0.3, 0.4) is 0 Å². The highest BCUT2D eigenvalue weighted by Gasteiger charge is 2.22. The van der Waals surface area contributed by atoms with Crippen molar-refractivity contribution in [3.8, 4) is 0 Å². The summed E-state index contributed by atoms with van der Waals surface area (Å²) < 4.78 is 7.91. The Bertz CT molecular complexity index is 521. The first-order valence-electron chi connectivity index (χ1n) is 5.85. The van der Waals surface area contributed by atoms with Gasteiger partial charge in [0.1, 0.15) is 5.76 Å². The van der Waals surface area contributed by atoms with Crippen LogP contribution in [0.4, 0.5) is 0 Å². The van der Waals surface area contributed by atoms with Crippen LogP contribution in [0.15, 0.2) is 30.4 Å². The summed E-state index contributed by atoms with van der Waals surface area (Å²) in [6.07, 6.45) is 2.85. The van der Waals surface area contributed by atoms with E-state index in [4.69, 9.17) is 4.42 Å². The Kier molecular flexibility index (Phi) is 5.06. The Morgan fingerprint density at radius 1 is 1.44 bits per heavy atom. The van der Waals surface area contributed by atoms with E-state index in [0.29, 0.717) is 0 Å². The monoisotopic (exact) mass is 391 g/mol. The Labute approximate surface area is 128 Å². The first kappa shape index (κ1) is 14.3. The van der Waals surface area contributed by atoms with E-state index >= 15 is 0 Å². The summed E-state index contributed by atoms with van der Waals surface area (Å²) in [4.78, 5) is 0. The first-order chi connectivity index (χ1) is 8.63. The van der Waals surface area contributed by atoms with Gasteiger partial charge in [-0.3, -0.25) is 0 Å². The summed E-state index contributed by atoms with van der Waals surface area (Å²) in [6, 6.07) is 4.26. The number of halogens is 2. The van der Waals surface area contributed by atoms with Gasteiger partial charge >= 0.3 is 0 Å². The molecular weight excluding hydrogens is 378 g/mol. The summed E-state index contributed by atoms with van der Waals surface area (Å²) in [5, 5.41) is 3.55. The van der Waals surface area contributed by atoms with Crippen LogP contribution in [-0.2, 0) is 0 Å². The first-order valence-corrected chi connectivity index (χ1v) is 8.25. The van der Waals surface area contributed by atoms with Crippen molar-refractivity contribution in [2.75, 3.05) is 6.54 Å². The average molecular weight is 393 g/mol. The molecule has 0 aliphatic rings. The fourth-order valence-corrected chi connectivity index (χ4v) is 4.76. The molecule has 0 aliphatic heterocycles. The molecule has 2 aromatic heterocycles. The van der Waals surface area contributed by atoms with Crippen LogP contribution < -0.4 is 5.32 Å². The zero-order chi connectivity index (χ0) is 13.1. The van der Waals surface area contributed by atoms with Crippen LogP contribution in [0, 0.1) is 6.92 Å². The van der Waals surface area contributed by atoms with Gasteiger partial charge in [-0.05, 0) is 69.4 Å². The van der Waals surface area contributed by atoms with Crippen molar-refractivity contribution in [1.29, 1.82) is 0 Å². The van der Waals surface area contributed by atoms with Gasteiger partial charge < -0.3 is 9.73 Å². The highest BCUT2D eigenvalue weighted by Crippen LogP contribution is 2.38. The molecule has 0 amide bonds. The van der Waals surface area contributed by atoms with Crippen molar-refractivity contribution in [3.63, 3.8) is 0 Å². The Morgan fingerprint density at radius 3 is 2.72 bits per heavy atom. The molecular formula is C13H15Br2NOS. The van der Waals surface area contributed by atoms with E-state index in [1.54, 1.807) is 17.6 Å². The maximum atomic E-state index is 5.65. The van der Waals surface area contributed by atoms with Gasteiger partial charge in [0.05, 0.1) is 19.9 Å². The highest BCUT2D eigenvalue weighted by molar-refractivity contribution is 9.12. The molecule has 18 heavy (non-hydrogen) atoms. The van der Waals surface area contributed by atoms with Gasteiger partial charge in [-0.1, -0.05) is 6.92 Å². The van der Waals surface area contributed by atoms with Gasteiger partial charge in [0, 0.05) is 5.56 Å². The van der Waals surface area contributed by atoms with E-state index in [1.165, 1.54) is 11.1 Å². The van der Waals surface area contributed by atoms with Crippen molar-refractivity contribution in [2.24, 2.45) is 0 Å². The van der Waals surface area contributed by atoms with Crippen molar-refractivity contribution in [1.82, 2.24) is 5.32 Å². The number of hydrogen-bond donors (Lipinski definition) is 1. The predicted molar refractivity (Wildman–Crippen MR) is 83.3 cm³/mol. The SMILES string of the molecule is CCCNC(c1cc(Br)sc1Br)c1occc1C. The summed E-state index contributed by atoms with van der Waals surface area (Å²) in [6.45, 7) is 5.21. The molecule has 0 saturated heterocycles. The maximum Gasteiger partial charge on any atom is 0.128 e. The molecule has 0 aromatic carbocycles. The molecule has 2 rings (SSSR count). The number of thiophene rings is 1. The molecule has 5 heteroatoms. The van der Waals surface area contributed by atoms with E-state index in [1.807, 2.05) is 6.07 Å². The molecule has 2 nitrogen and oxygen atoms in total. The van der Waals surface area contributed by atoms with Gasteiger partial charge in [-0.2, -0.15) is 0 Å². The number of hydrogen-bond acceptors (Lipinski definition) is 3. The lowest BCUT2D eigenvalue weighted by Crippen LogP contribution is -2.23. The number of furan rings is 1. The van der Waals surface area contributed by atoms with Crippen LogP contribution >= 0.6 is 43.2 Å². The second-order valence-corrected chi connectivity index (χ2v) is 7.88. The van der Waals surface area contributed by atoms with Crippen molar-refractivity contribution < 1.29 is 4.42 Å². The minimum atomic E-state index is 0.108. The van der Waals surface area contributed by atoms with Gasteiger partial charge in [0.25, 0.3) is 0 Å². The van der Waals surface area contributed by atoms with Gasteiger partial charge in [0.2, 0.25) is 0 Å². The molecule has 1 unspecified atom stereocenters. The number of rotatable bonds is 5. The fraction of sp³-hybridized carbons (Fsp3) is 0.385. The lowest BCUT2D eigenvalue weighted by atomic mass is 10.1. The van der Waals surface area contributed by atoms with Crippen LogP contribution in [0.25, 0.3) is 0 Å². The molecule has 0 aliphatic carbocycles. The van der Waals surface area contributed by atoms with Crippen LogP contribution in [0.5, 0.6) is 0 Å². The summed E-state index contributed by atoms with van der Waals surface area (Å²) >= 11 is 8.84. The molecule has 1 atom stereocenters. The van der Waals surface area contributed by atoms with E-state index in [0.717, 1.165) is 26.3 Å². The van der Waals surface area contributed by atoms with Crippen LogP contribution in [0.2, 0.25) is 0 Å². The molecule has 98 valence electrons. The molecule has 0 fully saturated rings. The molecule has 0 spiro atoms. The third kappa shape index (κ3) is 3.07. The molecule has 2 aromatic rings. The van der Waals surface area contributed by atoms with Gasteiger partial charge in [-0.25, -0.2) is 0 Å². The number of aryl methyl sites for hydroxylation is 1.